The van der Waals surface area contributed by atoms with Gasteiger partial charge in [0.1, 0.15) is 6.61 Å². The molecule has 0 bridgehead atoms. The third-order valence-electron chi connectivity index (χ3n) is 4.69. The van der Waals surface area contributed by atoms with Gasteiger partial charge >= 0.3 is 12.3 Å². The van der Waals surface area contributed by atoms with Gasteiger partial charge in [-0.15, -0.1) is 0 Å². The molecule has 0 radical (unpaired) electrons. The van der Waals surface area contributed by atoms with Crippen LogP contribution in [0.5, 0.6) is 0 Å². The van der Waals surface area contributed by atoms with E-state index in [-0.39, 0.29) is 34.5 Å². The Morgan fingerprint density at radius 1 is 1.16 bits per heavy atom. The Bertz CT molecular complexity index is 1030. The van der Waals surface area contributed by atoms with Crippen molar-refractivity contribution in [3.05, 3.63) is 69.2 Å². The Hall–Kier alpha value is -2.46. The summed E-state index contributed by atoms with van der Waals surface area (Å²) < 4.78 is 52.2. The topological polar surface area (TPSA) is 68.8 Å². The first kappa shape index (κ1) is 24.2. The quantitative estimate of drug-likeness (QED) is 0.498. The van der Waals surface area contributed by atoms with Crippen LogP contribution in [0.2, 0.25) is 10.0 Å². The number of carbonyl (C=O) groups is 1. The maximum absolute atomic E-state index is 14.1. The number of aryl methyl sites for hydroxylation is 1. The second-order valence-electron chi connectivity index (χ2n) is 6.94. The Kier molecular flexibility index (Phi) is 7.24. The minimum Gasteiger partial charge on any atom is -0.447 e. The molecule has 0 saturated carbocycles. The fourth-order valence-corrected chi connectivity index (χ4v) is 3.57. The van der Waals surface area contributed by atoms with E-state index >= 15 is 0 Å². The molecule has 2 N–H and O–H groups in total. The van der Waals surface area contributed by atoms with E-state index < -0.39 is 17.9 Å². The number of rotatable bonds is 6. The first-order chi connectivity index (χ1) is 15.1. The fourth-order valence-electron chi connectivity index (χ4n) is 3.04. The normalized spacial score (nSPS) is 18.2. The predicted octanol–water partition coefficient (Wildman–Crippen LogP) is 5.83. The van der Waals surface area contributed by atoms with Crippen LogP contribution < -0.4 is 10.8 Å². The maximum atomic E-state index is 14.1. The third-order valence-corrected chi connectivity index (χ3v) is 5.12. The highest BCUT2D eigenvalue weighted by molar-refractivity contribution is 6.34. The Morgan fingerprint density at radius 3 is 2.47 bits per heavy atom. The average Bonchev–Trinajstić information content (AvgIpc) is 3.16. The smallest absolute Gasteiger partial charge is 0.428 e. The molecule has 3 rings (SSSR count). The number of hydrogen-bond donors (Lipinski definition) is 2. The van der Waals surface area contributed by atoms with Crippen molar-refractivity contribution in [3.8, 4) is 0 Å². The van der Waals surface area contributed by atoms with Gasteiger partial charge in [0.05, 0.1) is 12.3 Å². The molecule has 6 nitrogen and oxygen atoms in total. The van der Waals surface area contributed by atoms with Gasteiger partial charge in [-0.2, -0.15) is 13.2 Å². The second kappa shape index (κ2) is 9.58. The van der Waals surface area contributed by atoms with E-state index in [2.05, 4.69) is 10.8 Å². The first-order valence-corrected chi connectivity index (χ1v) is 10.1. The summed E-state index contributed by atoms with van der Waals surface area (Å²) in [5, 5.41) is 2.64. The molecule has 32 heavy (non-hydrogen) atoms. The lowest BCUT2D eigenvalue weighted by Crippen LogP contribution is -2.42. The second-order valence-corrected chi connectivity index (χ2v) is 7.81. The summed E-state index contributed by atoms with van der Waals surface area (Å²) in [5.74, 6) is 0. The first-order valence-electron chi connectivity index (χ1n) is 9.29. The summed E-state index contributed by atoms with van der Waals surface area (Å²) in [6.07, 6.45) is -4.64. The zero-order valence-corrected chi connectivity index (χ0v) is 18.5. The molecule has 0 spiro atoms. The van der Waals surface area contributed by atoms with Crippen LogP contribution in [-0.4, -0.2) is 32.6 Å². The number of anilines is 1. The average molecular weight is 491 g/mol. The highest BCUT2D eigenvalue weighted by Gasteiger charge is 2.59. The monoisotopic (exact) mass is 490 g/mol. The fraction of sp³-hybridized carbons (Fsp3) is 0.286. The van der Waals surface area contributed by atoms with Gasteiger partial charge < -0.3 is 9.47 Å². The molecule has 1 aliphatic rings. The molecule has 2 aromatic rings. The van der Waals surface area contributed by atoms with Gasteiger partial charge in [-0.25, -0.2) is 4.79 Å². The summed E-state index contributed by atoms with van der Waals surface area (Å²) >= 11 is 11.8. The van der Waals surface area contributed by atoms with Crippen molar-refractivity contribution in [2.45, 2.75) is 18.7 Å². The summed E-state index contributed by atoms with van der Waals surface area (Å²) in [6, 6.07) is 8.35. The predicted molar refractivity (Wildman–Crippen MR) is 114 cm³/mol. The van der Waals surface area contributed by atoms with Crippen LogP contribution in [0, 0.1) is 6.92 Å². The molecule has 0 fully saturated rings. The molecule has 1 heterocycles. The van der Waals surface area contributed by atoms with E-state index in [1.165, 1.54) is 19.2 Å². The molecule has 0 aliphatic carbocycles. The number of hydroxylamine groups is 1. The molecule has 0 saturated heterocycles. The SMILES string of the molecule is COCCOC(=O)Nc1cc(C2=CC(c3cc(Cl)cc(Cl)c3)(C(F)(F)F)ON2)ccc1C. The zero-order valence-electron chi connectivity index (χ0n) is 17.0. The molecule has 2 aromatic carbocycles. The minimum atomic E-state index is -4.83. The number of halogens is 5. The van der Waals surface area contributed by atoms with Crippen molar-refractivity contribution >= 4 is 40.7 Å². The molecule has 11 heteroatoms. The molecule has 1 unspecified atom stereocenters. The summed E-state index contributed by atoms with van der Waals surface area (Å²) in [4.78, 5) is 17.0. The zero-order chi connectivity index (χ0) is 23.5. The number of hydrogen-bond acceptors (Lipinski definition) is 5. The van der Waals surface area contributed by atoms with E-state index in [1.54, 1.807) is 19.1 Å². The van der Waals surface area contributed by atoms with Crippen molar-refractivity contribution < 1.29 is 32.3 Å². The van der Waals surface area contributed by atoms with Crippen LogP contribution in [0.4, 0.5) is 23.7 Å². The van der Waals surface area contributed by atoms with E-state index in [0.29, 0.717) is 16.8 Å². The van der Waals surface area contributed by atoms with Crippen LogP contribution in [0.1, 0.15) is 16.7 Å². The molecular formula is C21H19Cl2F3N2O4. The third kappa shape index (κ3) is 5.12. The van der Waals surface area contributed by atoms with E-state index in [4.69, 9.17) is 37.5 Å². The Labute approximate surface area is 192 Å². The number of ether oxygens (including phenoxy) is 2. The van der Waals surface area contributed by atoms with Crippen LogP contribution in [0.25, 0.3) is 5.70 Å². The van der Waals surface area contributed by atoms with Crippen molar-refractivity contribution in [2.75, 3.05) is 25.6 Å². The highest BCUT2D eigenvalue weighted by atomic mass is 35.5. The maximum Gasteiger partial charge on any atom is 0.428 e. The van der Waals surface area contributed by atoms with Gasteiger partial charge in [0.25, 0.3) is 0 Å². The number of nitrogens with one attached hydrogen (secondary N) is 2. The van der Waals surface area contributed by atoms with Gasteiger partial charge in [-0.3, -0.25) is 15.6 Å². The lowest BCUT2D eigenvalue weighted by atomic mass is 9.91. The summed E-state index contributed by atoms with van der Waals surface area (Å²) in [7, 11) is 1.47. The summed E-state index contributed by atoms with van der Waals surface area (Å²) in [6.45, 7) is 2.01. The van der Waals surface area contributed by atoms with Crippen molar-refractivity contribution in [1.82, 2.24) is 5.48 Å². The molecule has 1 amide bonds. The van der Waals surface area contributed by atoms with E-state index in [9.17, 15) is 18.0 Å². The molecule has 1 atom stereocenters. The van der Waals surface area contributed by atoms with Gasteiger partial charge in [0.2, 0.25) is 5.60 Å². The standard InChI is InChI=1S/C21H19Cl2F3N2O4/c1-12-3-4-13(7-17(12)27-19(29)31-6-5-30-2)18-11-20(32-28-18,21(24,25)26)14-8-15(22)10-16(23)9-14/h3-4,7-11,28H,5-6H2,1-2H3,(H,27,29). The molecule has 1 aliphatic heterocycles. The highest BCUT2D eigenvalue weighted by Crippen LogP contribution is 2.48. The van der Waals surface area contributed by atoms with E-state index in [1.807, 2.05) is 0 Å². The van der Waals surface area contributed by atoms with E-state index in [0.717, 1.165) is 18.2 Å². The van der Waals surface area contributed by atoms with Crippen LogP contribution in [-0.2, 0) is 19.9 Å². The molecule has 0 aromatic heterocycles. The van der Waals surface area contributed by atoms with Crippen molar-refractivity contribution in [3.63, 3.8) is 0 Å². The van der Waals surface area contributed by atoms with Gasteiger partial charge in [-0.05, 0) is 42.8 Å². The van der Waals surface area contributed by atoms with Crippen LogP contribution in [0.15, 0.2) is 42.5 Å². The largest absolute Gasteiger partial charge is 0.447 e. The van der Waals surface area contributed by atoms with Crippen molar-refractivity contribution in [2.24, 2.45) is 0 Å². The van der Waals surface area contributed by atoms with Crippen molar-refractivity contribution in [1.29, 1.82) is 0 Å². The Balaban J connectivity index is 1.95. The summed E-state index contributed by atoms with van der Waals surface area (Å²) in [5.41, 5.74) is 0.697. The number of amides is 1. The van der Waals surface area contributed by atoms with Gasteiger partial charge in [0, 0.05) is 34.0 Å². The molecule has 172 valence electrons. The lowest BCUT2D eigenvalue weighted by molar-refractivity contribution is -0.269. The van der Waals surface area contributed by atoms with Gasteiger partial charge in [0.15, 0.2) is 0 Å². The molecular weight excluding hydrogens is 472 g/mol. The Morgan fingerprint density at radius 2 is 1.84 bits per heavy atom. The number of methoxy groups -OCH3 is 1. The van der Waals surface area contributed by atoms with Crippen LogP contribution >= 0.6 is 23.2 Å². The number of benzene rings is 2. The lowest BCUT2D eigenvalue weighted by Gasteiger charge is -2.28. The van der Waals surface area contributed by atoms with Gasteiger partial charge in [-0.1, -0.05) is 35.3 Å². The number of alkyl halides is 3. The minimum absolute atomic E-state index is 0.0374. The number of carbonyl (C=O) groups excluding carboxylic acids is 1. The van der Waals surface area contributed by atoms with Crippen LogP contribution in [0.3, 0.4) is 0 Å².